The number of carbonyl (C=O) groups is 2. The van der Waals surface area contributed by atoms with Crippen molar-refractivity contribution in [2.24, 2.45) is 0 Å². The molecular formula is C15H21NO5. The molecule has 0 saturated carbocycles. The highest BCUT2D eigenvalue weighted by molar-refractivity contribution is 5.81. The summed E-state index contributed by atoms with van der Waals surface area (Å²) < 4.78 is 15.1. The third-order valence-corrected chi connectivity index (χ3v) is 2.29. The zero-order valence-electron chi connectivity index (χ0n) is 12.8. The van der Waals surface area contributed by atoms with E-state index in [2.05, 4.69) is 5.32 Å². The highest BCUT2D eigenvalue weighted by Crippen LogP contribution is 2.16. The summed E-state index contributed by atoms with van der Waals surface area (Å²) in [6.45, 7) is 4.97. The standard InChI is InChI=1S/C15H21NO5/c1-15(2,3)16-13(17)9-21-14(18)10-20-12-7-5-11(19-4)6-8-12/h5-8H,9-10H2,1-4H3,(H,16,17). The average molecular weight is 295 g/mol. The van der Waals surface area contributed by atoms with Crippen LogP contribution >= 0.6 is 0 Å². The van der Waals surface area contributed by atoms with Gasteiger partial charge in [-0.1, -0.05) is 0 Å². The van der Waals surface area contributed by atoms with Crippen LogP contribution in [0.25, 0.3) is 0 Å². The minimum atomic E-state index is -0.602. The summed E-state index contributed by atoms with van der Waals surface area (Å²) >= 11 is 0. The molecule has 0 spiro atoms. The van der Waals surface area contributed by atoms with Crippen LogP contribution in [0.4, 0.5) is 0 Å². The van der Waals surface area contributed by atoms with Crippen molar-refractivity contribution in [3.05, 3.63) is 24.3 Å². The maximum atomic E-state index is 11.5. The second-order valence-corrected chi connectivity index (χ2v) is 5.42. The van der Waals surface area contributed by atoms with Crippen LogP contribution in [0.1, 0.15) is 20.8 Å². The number of hydrogen-bond acceptors (Lipinski definition) is 5. The maximum absolute atomic E-state index is 11.5. The van der Waals surface area contributed by atoms with E-state index in [0.29, 0.717) is 11.5 Å². The molecule has 21 heavy (non-hydrogen) atoms. The van der Waals surface area contributed by atoms with Crippen LogP contribution in [0.5, 0.6) is 11.5 Å². The fourth-order valence-electron chi connectivity index (χ4n) is 1.46. The molecule has 116 valence electrons. The number of esters is 1. The zero-order valence-corrected chi connectivity index (χ0v) is 12.8. The van der Waals surface area contributed by atoms with E-state index in [1.165, 1.54) is 0 Å². The van der Waals surface area contributed by atoms with Gasteiger partial charge in [-0.15, -0.1) is 0 Å². The molecule has 0 radical (unpaired) electrons. The van der Waals surface area contributed by atoms with Crippen molar-refractivity contribution in [3.63, 3.8) is 0 Å². The van der Waals surface area contributed by atoms with E-state index in [-0.39, 0.29) is 24.7 Å². The number of benzene rings is 1. The quantitative estimate of drug-likeness (QED) is 0.806. The van der Waals surface area contributed by atoms with Gasteiger partial charge in [0.25, 0.3) is 5.91 Å². The molecule has 0 saturated heterocycles. The summed E-state index contributed by atoms with van der Waals surface area (Å²) in [6, 6.07) is 6.80. The van der Waals surface area contributed by atoms with E-state index in [9.17, 15) is 9.59 Å². The second kappa shape index (κ2) is 7.52. The van der Waals surface area contributed by atoms with Crippen molar-refractivity contribution < 1.29 is 23.8 Å². The molecule has 0 heterocycles. The lowest BCUT2D eigenvalue weighted by Crippen LogP contribution is -2.43. The van der Waals surface area contributed by atoms with Crippen molar-refractivity contribution >= 4 is 11.9 Å². The Kier molecular flexibility index (Phi) is 6.02. The average Bonchev–Trinajstić information content (AvgIpc) is 2.41. The van der Waals surface area contributed by atoms with E-state index in [0.717, 1.165) is 0 Å². The summed E-state index contributed by atoms with van der Waals surface area (Å²) in [4.78, 5) is 22.9. The summed E-state index contributed by atoms with van der Waals surface area (Å²) in [6.07, 6.45) is 0. The van der Waals surface area contributed by atoms with Crippen LogP contribution in [0.2, 0.25) is 0 Å². The summed E-state index contributed by atoms with van der Waals surface area (Å²) in [5.41, 5.74) is -0.358. The fraction of sp³-hybridized carbons (Fsp3) is 0.467. The molecule has 0 aromatic heterocycles. The monoisotopic (exact) mass is 295 g/mol. The molecule has 0 unspecified atom stereocenters. The number of methoxy groups -OCH3 is 1. The van der Waals surface area contributed by atoms with Gasteiger partial charge in [-0.25, -0.2) is 4.79 Å². The molecule has 6 heteroatoms. The van der Waals surface area contributed by atoms with Crippen molar-refractivity contribution in [1.29, 1.82) is 0 Å². The molecule has 6 nitrogen and oxygen atoms in total. The van der Waals surface area contributed by atoms with Crippen molar-refractivity contribution in [2.75, 3.05) is 20.3 Å². The molecule has 0 aliphatic heterocycles. The van der Waals surface area contributed by atoms with Gasteiger partial charge in [-0.2, -0.15) is 0 Å². The van der Waals surface area contributed by atoms with Gasteiger partial charge in [0, 0.05) is 5.54 Å². The van der Waals surface area contributed by atoms with Crippen molar-refractivity contribution in [2.45, 2.75) is 26.3 Å². The molecule has 1 aromatic rings. The topological polar surface area (TPSA) is 73.9 Å². The summed E-state index contributed by atoms with van der Waals surface area (Å²) in [7, 11) is 1.57. The Labute approximate surface area is 124 Å². The first-order valence-corrected chi connectivity index (χ1v) is 6.53. The summed E-state index contributed by atoms with van der Waals surface area (Å²) in [5.74, 6) is 0.269. The van der Waals surface area contributed by atoms with Gasteiger partial charge in [-0.3, -0.25) is 4.79 Å². The number of rotatable bonds is 6. The van der Waals surface area contributed by atoms with Crippen molar-refractivity contribution in [3.8, 4) is 11.5 Å². The fourth-order valence-corrected chi connectivity index (χ4v) is 1.46. The second-order valence-electron chi connectivity index (χ2n) is 5.42. The molecule has 0 bridgehead atoms. The van der Waals surface area contributed by atoms with Gasteiger partial charge in [0.05, 0.1) is 7.11 Å². The van der Waals surface area contributed by atoms with Gasteiger partial charge in [0.1, 0.15) is 11.5 Å². The number of ether oxygens (including phenoxy) is 3. The third-order valence-electron chi connectivity index (χ3n) is 2.29. The molecule has 0 aliphatic rings. The van der Waals surface area contributed by atoms with E-state index in [1.54, 1.807) is 31.4 Å². The molecule has 0 aliphatic carbocycles. The Morgan fingerprint density at radius 3 is 2.14 bits per heavy atom. The van der Waals surface area contributed by atoms with Crippen LogP contribution in [0.3, 0.4) is 0 Å². The van der Waals surface area contributed by atoms with Gasteiger partial charge >= 0.3 is 5.97 Å². The first-order valence-electron chi connectivity index (χ1n) is 6.53. The SMILES string of the molecule is COc1ccc(OCC(=O)OCC(=O)NC(C)(C)C)cc1. The minimum absolute atomic E-state index is 0.255. The lowest BCUT2D eigenvalue weighted by molar-refractivity contribution is -0.150. The van der Waals surface area contributed by atoms with E-state index >= 15 is 0 Å². The molecular weight excluding hydrogens is 274 g/mol. The maximum Gasteiger partial charge on any atom is 0.344 e. The lowest BCUT2D eigenvalue weighted by Gasteiger charge is -2.20. The smallest absolute Gasteiger partial charge is 0.344 e. The first kappa shape index (κ1) is 16.8. The molecule has 0 fully saturated rings. The molecule has 0 atom stereocenters. The zero-order chi connectivity index (χ0) is 15.9. The predicted octanol–water partition coefficient (Wildman–Crippen LogP) is 1.53. The largest absolute Gasteiger partial charge is 0.497 e. The number of hydrogen-bond donors (Lipinski definition) is 1. The normalized spacial score (nSPS) is 10.7. The van der Waals surface area contributed by atoms with E-state index in [1.807, 2.05) is 20.8 Å². The highest BCUT2D eigenvalue weighted by Gasteiger charge is 2.15. The molecule has 1 N–H and O–H groups in total. The molecule has 1 amide bonds. The number of carbonyl (C=O) groups excluding carboxylic acids is 2. The minimum Gasteiger partial charge on any atom is -0.497 e. The highest BCUT2D eigenvalue weighted by atomic mass is 16.6. The first-order chi connectivity index (χ1) is 9.80. The predicted molar refractivity (Wildman–Crippen MR) is 77.3 cm³/mol. The van der Waals surface area contributed by atoms with Gasteiger partial charge < -0.3 is 19.5 Å². The Morgan fingerprint density at radius 1 is 1.05 bits per heavy atom. The Hall–Kier alpha value is -2.24. The van der Waals surface area contributed by atoms with E-state index in [4.69, 9.17) is 14.2 Å². The van der Waals surface area contributed by atoms with Crippen LogP contribution in [0.15, 0.2) is 24.3 Å². The number of amides is 1. The third kappa shape index (κ3) is 7.20. The van der Waals surface area contributed by atoms with Crippen molar-refractivity contribution in [1.82, 2.24) is 5.32 Å². The van der Waals surface area contributed by atoms with Crippen LogP contribution in [0, 0.1) is 0 Å². The number of nitrogens with one attached hydrogen (secondary N) is 1. The molecule has 1 aromatic carbocycles. The Morgan fingerprint density at radius 2 is 1.62 bits per heavy atom. The van der Waals surface area contributed by atoms with Gasteiger partial charge in [-0.05, 0) is 45.0 Å². The molecule has 1 rings (SSSR count). The van der Waals surface area contributed by atoms with Gasteiger partial charge in [0.2, 0.25) is 0 Å². The van der Waals surface area contributed by atoms with Crippen LogP contribution in [-0.2, 0) is 14.3 Å². The Bertz CT molecular complexity index is 476. The van der Waals surface area contributed by atoms with Gasteiger partial charge in [0.15, 0.2) is 13.2 Å². The summed E-state index contributed by atoms with van der Waals surface area (Å²) in [5, 5.41) is 2.69. The Balaban J connectivity index is 2.29. The van der Waals surface area contributed by atoms with Crippen LogP contribution in [-0.4, -0.2) is 37.7 Å². The lowest BCUT2D eigenvalue weighted by atomic mass is 10.1. The van der Waals surface area contributed by atoms with E-state index < -0.39 is 5.97 Å². The van der Waals surface area contributed by atoms with Crippen LogP contribution < -0.4 is 14.8 Å².